The van der Waals surface area contributed by atoms with Gasteiger partial charge >= 0.3 is 0 Å². The summed E-state index contributed by atoms with van der Waals surface area (Å²) in [6.07, 6.45) is 4.88. The van der Waals surface area contributed by atoms with Crippen molar-refractivity contribution in [3.05, 3.63) is 29.8 Å². The summed E-state index contributed by atoms with van der Waals surface area (Å²) in [5.41, 5.74) is 0.987. The second-order valence-corrected chi connectivity index (χ2v) is 9.05. The van der Waals surface area contributed by atoms with Crippen molar-refractivity contribution in [3.63, 3.8) is 0 Å². The topological polar surface area (TPSA) is 53.1 Å². The summed E-state index contributed by atoms with van der Waals surface area (Å²) >= 11 is 0. The van der Waals surface area contributed by atoms with Crippen LogP contribution in [0, 0.1) is 11.3 Å². The highest BCUT2D eigenvalue weighted by molar-refractivity contribution is 5.84. The van der Waals surface area contributed by atoms with E-state index >= 15 is 0 Å². The summed E-state index contributed by atoms with van der Waals surface area (Å²) < 4.78 is 5.20. The molecule has 6 heteroatoms. The zero-order chi connectivity index (χ0) is 20.4. The lowest BCUT2D eigenvalue weighted by molar-refractivity contribution is -0.140. The zero-order valence-electron chi connectivity index (χ0n) is 17.7. The highest BCUT2D eigenvalue weighted by Crippen LogP contribution is 2.49. The van der Waals surface area contributed by atoms with Gasteiger partial charge in [-0.3, -0.25) is 9.59 Å². The number of likely N-dealkylation sites (N-methyl/N-ethyl adjacent to an activating group) is 1. The molecule has 1 spiro atoms. The highest BCUT2D eigenvalue weighted by atomic mass is 16.5. The van der Waals surface area contributed by atoms with Gasteiger partial charge in [0, 0.05) is 44.7 Å². The molecule has 158 valence electrons. The average molecular weight is 400 g/mol. The number of methoxy groups -OCH3 is 1. The number of piperazine rings is 1. The van der Waals surface area contributed by atoms with Crippen LogP contribution in [-0.4, -0.2) is 79.9 Å². The Morgan fingerprint density at radius 2 is 1.69 bits per heavy atom. The van der Waals surface area contributed by atoms with Gasteiger partial charge in [-0.2, -0.15) is 0 Å². The molecule has 1 saturated carbocycles. The largest absolute Gasteiger partial charge is 0.497 e. The Morgan fingerprint density at radius 3 is 2.31 bits per heavy atom. The fraction of sp³-hybridized carbons (Fsp3) is 0.652. The third-order valence-electron chi connectivity index (χ3n) is 7.23. The summed E-state index contributed by atoms with van der Waals surface area (Å²) in [5, 5.41) is 0. The van der Waals surface area contributed by atoms with Crippen LogP contribution >= 0.6 is 0 Å². The van der Waals surface area contributed by atoms with E-state index in [0.717, 1.165) is 56.9 Å². The number of ether oxygens (including phenoxy) is 1. The SMILES string of the molecule is COc1ccc(CC(=O)N2CC(C(=O)N3CCN(C)CC3)C3(CCCC3)C2)cc1. The number of amides is 2. The van der Waals surface area contributed by atoms with Gasteiger partial charge < -0.3 is 19.4 Å². The Kier molecular flexibility index (Phi) is 5.81. The molecule has 2 saturated heterocycles. The summed E-state index contributed by atoms with van der Waals surface area (Å²) in [5.74, 6) is 1.17. The van der Waals surface area contributed by atoms with Gasteiger partial charge in [0.2, 0.25) is 11.8 Å². The summed E-state index contributed by atoms with van der Waals surface area (Å²) in [6.45, 7) is 4.81. The molecule has 2 heterocycles. The maximum Gasteiger partial charge on any atom is 0.228 e. The van der Waals surface area contributed by atoms with Crippen molar-refractivity contribution in [3.8, 4) is 5.75 Å². The minimum atomic E-state index is -0.0341. The second kappa shape index (κ2) is 8.34. The predicted molar refractivity (Wildman–Crippen MR) is 112 cm³/mol. The van der Waals surface area contributed by atoms with Crippen molar-refractivity contribution < 1.29 is 14.3 Å². The molecule has 3 aliphatic rings. The molecule has 2 amide bonds. The smallest absolute Gasteiger partial charge is 0.228 e. The Balaban J connectivity index is 1.45. The summed E-state index contributed by atoms with van der Waals surface area (Å²) in [7, 11) is 3.75. The maximum atomic E-state index is 13.4. The average Bonchev–Trinajstić information content (AvgIpc) is 3.36. The molecular formula is C23H33N3O3. The molecule has 6 nitrogen and oxygen atoms in total. The van der Waals surface area contributed by atoms with E-state index in [1.54, 1.807) is 7.11 Å². The van der Waals surface area contributed by atoms with Crippen LogP contribution in [0.1, 0.15) is 31.2 Å². The normalized spacial score (nSPS) is 24.3. The number of carbonyl (C=O) groups excluding carboxylic acids is 2. The lowest BCUT2D eigenvalue weighted by atomic mass is 9.76. The van der Waals surface area contributed by atoms with Gasteiger partial charge in [-0.1, -0.05) is 25.0 Å². The highest BCUT2D eigenvalue weighted by Gasteiger charge is 2.53. The lowest BCUT2D eigenvalue weighted by Gasteiger charge is -2.37. The van der Waals surface area contributed by atoms with Crippen LogP contribution in [0.3, 0.4) is 0 Å². The molecule has 1 aromatic carbocycles. The van der Waals surface area contributed by atoms with E-state index in [2.05, 4.69) is 11.9 Å². The van der Waals surface area contributed by atoms with Gasteiger partial charge in [-0.15, -0.1) is 0 Å². The number of benzene rings is 1. The third-order valence-corrected chi connectivity index (χ3v) is 7.23. The monoisotopic (exact) mass is 399 g/mol. The number of nitrogens with zero attached hydrogens (tertiary/aromatic N) is 3. The molecule has 1 unspecified atom stereocenters. The molecule has 2 aliphatic heterocycles. The van der Waals surface area contributed by atoms with Crippen LogP contribution in [0.15, 0.2) is 24.3 Å². The molecule has 0 radical (unpaired) electrons. The molecule has 3 fully saturated rings. The minimum absolute atomic E-state index is 0.00397. The predicted octanol–water partition coefficient (Wildman–Crippen LogP) is 2.03. The third kappa shape index (κ3) is 4.13. The van der Waals surface area contributed by atoms with Gasteiger partial charge in [0.1, 0.15) is 5.75 Å². The van der Waals surface area contributed by atoms with Crippen molar-refractivity contribution in [2.24, 2.45) is 11.3 Å². The van der Waals surface area contributed by atoms with Crippen LogP contribution in [0.5, 0.6) is 5.75 Å². The lowest BCUT2D eigenvalue weighted by Crippen LogP contribution is -2.51. The molecule has 4 rings (SSSR count). The first-order chi connectivity index (χ1) is 14.0. The summed E-state index contributed by atoms with van der Waals surface area (Å²) in [6, 6.07) is 7.69. The molecule has 0 bridgehead atoms. The summed E-state index contributed by atoms with van der Waals surface area (Å²) in [4.78, 5) is 32.8. The zero-order valence-corrected chi connectivity index (χ0v) is 17.7. The Labute approximate surface area is 173 Å². The van der Waals surface area contributed by atoms with Crippen LogP contribution in [0.25, 0.3) is 0 Å². The van der Waals surface area contributed by atoms with Crippen LogP contribution < -0.4 is 4.74 Å². The van der Waals surface area contributed by atoms with E-state index in [1.807, 2.05) is 34.1 Å². The number of carbonyl (C=O) groups is 2. The van der Waals surface area contributed by atoms with Crippen molar-refractivity contribution >= 4 is 11.8 Å². The van der Waals surface area contributed by atoms with Crippen LogP contribution in [0.4, 0.5) is 0 Å². The van der Waals surface area contributed by atoms with Crippen molar-refractivity contribution in [2.75, 3.05) is 53.4 Å². The van der Waals surface area contributed by atoms with Gasteiger partial charge in [-0.25, -0.2) is 0 Å². The molecule has 29 heavy (non-hydrogen) atoms. The standard InChI is InChI=1S/C23H33N3O3/c1-24-11-13-25(14-12-24)22(28)20-16-26(17-23(20)9-3-4-10-23)21(27)15-18-5-7-19(29-2)8-6-18/h5-8,20H,3-4,9-17H2,1-2H3. The maximum absolute atomic E-state index is 13.4. The van der Waals surface area contributed by atoms with E-state index in [4.69, 9.17) is 4.74 Å². The minimum Gasteiger partial charge on any atom is -0.497 e. The first-order valence-corrected chi connectivity index (χ1v) is 10.9. The molecule has 0 N–H and O–H groups in total. The van der Waals surface area contributed by atoms with Gasteiger partial charge in [0.05, 0.1) is 19.4 Å². The van der Waals surface area contributed by atoms with Crippen molar-refractivity contribution in [1.29, 1.82) is 0 Å². The molecular weight excluding hydrogens is 366 g/mol. The molecule has 1 atom stereocenters. The fourth-order valence-corrected chi connectivity index (χ4v) is 5.36. The quantitative estimate of drug-likeness (QED) is 0.778. The number of hydrogen-bond donors (Lipinski definition) is 0. The van der Waals surface area contributed by atoms with E-state index in [0.29, 0.717) is 13.0 Å². The van der Waals surface area contributed by atoms with E-state index in [-0.39, 0.29) is 23.1 Å². The van der Waals surface area contributed by atoms with E-state index in [1.165, 1.54) is 12.8 Å². The van der Waals surface area contributed by atoms with Gasteiger partial charge in [0.25, 0.3) is 0 Å². The Morgan fingerprint density at radius 1 is 1.03 bits per heavy atom. The van der Waals surface area contributed by atoms with Crippen LogP contribution in [-0.2, 0) is 16.0 Å². The van der Waals surface area contributed by atoms with Crippen molar-refractivity contribution in [2.45, 2.75) is 32.1 Å². The van der Waals surface area contributed by atoms with E-state index in [9.17, 15) is 9.59 Å². The molecule has 0 aromatic heterocycles. The van der Waals surface area contributed by atoms with E-state index < -0.39 is 0 Å². The Bertz CT molecular complexity index is 734. The number of likely N-dealkylation sites (tertiary alicyclic amines) is 1. The second-order valence-electron chi connectivity index (χ2n) is 9.05. The number of rotatable bonds is 4. The molecule has 1 aromatic rings. The first kappa shape index (κ1) is 20.2. The first-order valence-electron chi connectivity index (χ1n) is 10.9. The number of hydrogen-bond acceptors (Lipinski definition) is 4. The van der Waals surface area contributed by atoms with Crippen LogP contribution in [0.2, 0.25) is 0 Å². The fourth-order valence-electron chi connectivity index (χ4n) is 5.36. The van der Waals surface area contributed by atoms with Gasteiger partial charge in [-0.05, 0) is 37.6 Å². The Hall–Kier alpha value is -2.08. The molecule has 1 aliphatic carbocycles. The van der Waals surface area contributed by atoms with Crippen molar-refractivity contribution in [1.82, 2.24) is 14.7 Å². The van der Waals surface area contributed by atoms with Gasteiger partial charge in [0.15, 0.2) is 0 Å².